The number of aromatic nitrogens is 1. The zero-order chi connectivity index (χ0) is 22.5. The number of rotatable bonds is 7. The Balaban J connectivity index is 1.54. The molecule has 0 atom stereocenters. The summed E-state index contributed by atoms with van der Waals surface area (Å²) in [6.07, 6.45) is 3.25. The molecular formula is C24H26N2O4S. The molecule has 0 aliphatic carbocycles. The molecule has 3 aromatic rings. The van der Waals surface area contributed by atoms with Crippen LogP contribution in [0.4, 0.5) is 0 Å². The zero-order valence-electron chi connectivity index (χ0n) is 17.8. The second-order valence-corrected chi connectivity index (χ2v) is 10.3. The van der Waals surface area contributed by atoms with Gasteiger partial charge in [0, 0.05) is 18.3 Å². The standard InChI is InChI=1S/C24H26N2O4S/c1-24(2,3)19-8-12-22(13-9-19)31(28,29)16-15-26-23(27)18-6-10-20(11-7-18)30-21-5-4-14-25-17-21/h4-14,17H,15-16H2,1-3H3,(H,26,27). The number of nitrogens with one attached hydrogen (secondary N) is 1. The van der Waals surface area contributed by atoms with Crippen molar-refractivity contribution < 1.29 is 17.9 Å². The third-order valence-electron chi connectivity index (χ3n) is 4.72. The molecule has 1 N–H and O–H groups in total. The van der Waals surface area contributed by atoms with Crippen molar-refractivity contribution in [2.24, 2.45) is 0 Å². The van der Waals surface area contributed by atoms with Crippen LogP contribution in [0.1, 0.15) is 36.7 Å². The van der Waals surface area contributed by atoms with E-state index in [-0.39, 0.29) is 28.5 Å². The zero-order valence-corrected chi connectivity index (χ0v) is 18.6. The molecule has 2 aromatic carbocycles. The lowest BCUT2D eigenvalue weighted by atomic mass is 9.87. The molecule has 0 saturated carbocycles. The first-order valence-electron chi connectivity index (χ1n) is 9.95. The summed E-state index contributed by atoms with van der Waals surface area (Å²) in [7, 11) is -3.48. The van der Waals surface area contributed by atoms with Crippen LogP contribution in [0.5, 0.6) is 11.5 Å². The number of hydrogen-bond donors (Lipinski definition) is 1. The highest BCUT2D eigenvalue weighted by Crippen LogP contribution is 2.24. The molecule has 0 bridgehead atoms. The van der Waals surface area contributed by atoms with E-state index in [2.05, 4.69) is 31.1 Å². The van der Waals surface area contributed by atoms with Crippen LogP contribution in [0, 0.1) is 0 Å². The number of carbonyl (C=O) groups excluding carboxylic acids is 1. The first-order valence-corrected chi connectivity index (χ1v) is 11.6. The molecule has 1 amide bonds. The van der Waals surface area contributed by atoms with Gasteiger partial charge >= 0.3 is 0 Å². The molecule has 7 heteroatoms. The molecule has 6 nitrogen and oxygen atoms in total. The van der Waals surface area contributed by atoms with Gasteiger partial charge in [0.1, 0.15) is 11.5 Å². The number of carbonyl (C=O) groups is 1. The van der Waals surface area contributed by atoms with Crippen molar-refractivity contribution in [2.75, 3.05) is 12.3 Å². The third kappa shape index (κ3) is 6.15. The Morgan fingerprint density at radius 2 is 1.65 bits per heavy atom. The first kappa shape index (κ1) is 22.5. The number of pyridine rings is 1. The fraction of sp³-hybridized carbons (Fsp3) is 0.250. The van der Waals surface area contributed by atoms with Crippen molar-refractivity contribution in [3.05, 3.63) is 84.2 Å². The summed E-state index contributed by atoms with van der Waals surface area (Å²) in [4.78, 5) is 16.6. The second-order valence-electron chi connectivity index (χ2n) is 8.16. The monoisotopic (exact) mass is 438 g/mol. The van der Waals surface area contributed by atoms with Gasteiger partial charge in [-0.15, -0.1) is 0 Å². The van der Waals surface area contributed by atoms with E-state index in [1.54, 1.807) is 60.9 Å². The van der Waals surface area contributed by atoms with Crippen LogP contribution >= 0.6 is 0 Å². The summed E-state index contributed by atoms with van der Waals surface area (Å²) in [5.41, 5.74) is 1.44. The topological polar surface area (TPSA) is 85.4 Å². The fourth-order valence-corrected chi connectivity index (χ4v) is 4.06. The number of sulfone groups is 1. The Bertz CT molecular complexity index is 1120. The minimum atomic E-state index is -3.48. The van der Waals surface area contributed by atoms with E-state index in [9.17, 15) is 13.2 Å². The fourth-order valence-electron chi connectivity index (χ4n) is 2.90. The minimum absolute atomic E-state index is 0.0239. The molecule has 1 aromatic heterocycles. The van der Waals surface area contributed by atoms with E-state index < -0.39 is 9.84 Å². The highest BCUT2D eigenvalue weighted by molar-refractivity contribution is 7.91. The quantitative estimate of drug-likeness (QED) is 0.592. The van der Waals surface area contributed by atoms with Crippen LogP contribution in [0.2, 0.25) is 0 Å². The molecule has 162 valence electrons. The maximum atomic E-state index is 12.6. The molecule has 0 spiro atoms. The highest BCUT2D eigenvalue weighted by atomic mass is 32.2. The minimum Gasteiger partial charge on any atom is -0.456 e. The molecule has 0 aliphatic rings. The maximum absolute atomic E-state index is 12.6. The van der Waals surface area contributed by atoms with Gasteiger partial charge in [-0.05, 0) is 59.5 Å². The molecule has 3 rings (SSSR count). The number of hydrogen-bond acceptors (Lipinski definition) is 5. The average Bonchev–Trinajstić information content (AvgIpc) is 2.74. The van der Waals surface area contributed by atoms with Gasteiger partial charge in [-0.1, -0.05) is 32.9 Å². The van der Waals surface area contributed by atoms with Gasteiger partial charge in [0.25, 0.3) is 5.91 Å². The second kappa shape index (κ2) is 9.31. The van der Waals surface area contributed by atoms with E-state index in [4.69, 9.17) is 4.74 Å². The Morgan fingerprint density at radius 3 is 2.23 bits per heavy atom. The Kier molecular flexibility index (Phi) is 6.75. The summed E-state index contributed by atoms with van der Waals surface area (Å²) in [6.45, 7) is 6.24. The van der Waals surface area contributed by atoms with Gasteiger partial charge < -0.3 is 10.1 Å². The smallest absolute Gasteiger partial charge is 0.251 e. The lowest BCUT2D eigenvalue weighted by Crippen LogP contribution is -2.29. The van der Waals surface area contributed by atoms with Crippen molar-refractivity contribution in [3.63, 3.8) is 0 Å². The van der Waals surface area contributed by atoms with Gasteiger partial charge in [0.15, 0.2) is 9.84 Å². The summed E-state index contributed by atoms with van der Waals surface area (Å²) in [5.74, 6) is 0.660. The summed E-state index contributed by atoms with van der Waals surface area (Å²) < 4.78 is 30.8. The van der Waals surface area contributed by atoms with Crippen LogP contribution in [0.15, 0.2) is 78.0 Å². The summed E-state index contributed by atoms with van der Waals surface area (Å²) in [5, 5.41) is 2.66. The van der Waals surface area contributed by atoms with Crippen molar-refractivity contribution in [1.82, 2.24) is 10.3 Å². The lowest BCUT2D eigenvalue weighted by molar-refractivity contribution is 0.0956. The lowest BCUT2D eigenvalue weighted by Gasteiger charge is -2.19. The van der Waals surface area contributed by atoms with E-state index in [1.165, 1.54) is 0 Å². The predicted octanol–water partition coefficient (Wildman–Crippen LogP) is 4.38. The van der Waals surface area contributed by atoms with Gasteiger partial charge in [-0.2, -0.15) is 0 Å². The molecule has 0 saturated heterocycles. The van der Waals surface area contributed by atoms with E-state index in [0.29, 0.717) is 17.1 Å². The molecule has 1 heterocycles. The Hall–Kier alpha value is -3.19. The predicted molar refractivity (Wildman–Crippen MR) is 120 cm³/mol. The van der Waals surface area contributed by atoms with Gasteiger partial charge in [-0.25, -0.2) is 8.42 Å². The van der Waals surface area contributed by atoms with E-state index >= 15 is 0 Å². The van der Waals surface area contributed by atoms with Crippen LogP contribution in [-0.4, -0.2) is 31.6 Å². The normalized spacial score (nSPS) is 11.7. The van der Waals surface area contributed by atoms with Crippen molar-refractivity contribution in [2.45, 2.75) is 31.1 Å². The van der Waals surface area contributed by atoms with E-state index in [1.807, 2.05) is 12.1 Å². The molecule has 0 unspecified atom stereocenters. The number of nitrogens with zero attached hydrogens (tertiary/aromatic N) is 1. The largest absolute Gasteiger partial charge is 0.456 e. The van der Waals surface area contributed by atoms with Gasteiger partial charge in [0.2, 0.25) is 0 Å². The number of benzene rings is 2. The molecule has 0 fully saturated rings. The van der Waals surface area contributed by atoms with Crippen LogP contribution in [0.25, 0.3) is 0 Å². The summed E-state index contributed by atoms with van der Waals surface area (Å²) >= 11 is 0. The average molecular weight is 439 g/mol. The molecule has 31 heavy (non-hydrogen) atoms. The van der Waals surface area contributed by atoms with E-state index in [0.717, 1.165) is 5.56 Å². The Morgan fingerprint density at radius 1 is 0.968 bits per heavy atom. The SMILES string of the molecule is CC(C)(C)c1ccc(S(=O)(=O)CCNC(=O)c2ccc(Oc3cccnc3)cc2)cc1. The molecule has 0 radical (unpaired) electrons. The van der Waals surface area contributed by atoms with Crippen LogP contribution in [0.3, 0.4) is 0 Å². The van der Waals surface area contributed by atoms with Crippen molar-refractivity contribution in [3.8, 4) is 11.5 Å². The van der Waals surface area contributed by atoms with Gasteiger partial charge in [0.05, 0.1) is 16.8 Å². The number of ether oxygens (including phenoxy) is 1. The van der Waals surface area contributed by atoms with Crippen LogP contribution < -0.4 is 10.1 Å². The third-order valence-corrected chi connectivity index (χ3v) is 6.45. The van der Waals surface area contributed by atoms with Gasteiger partial charge in [-0.3, -0.25) is 9.78 Å². The maximum Gasteiger partial charge on any atom is 0.251 e. The molecule has 0 aliphatic heterocycles. The Labute approximate surface area is 183 Å². The van der Waals surface area contributed by atoms with Crippen molar-refractivity contribution in [1.29, 1.82) is 0 Å². The van der Waals surface area contributed by atoms with Crippen molar-refractivity contribution >= 4 is 15.7 Å². The first-order chi connectivity index (χ1) is 14.6. The molecular weight excluding hydrogens is 412 g/mol. The number of amides is 1. The summed E-state index contributed by atoms with van der Waals surface area (Å²) in [6, 6.07) is 17.1. The highest BCUT2D eigenvalue weighted by Gasteiger charge is 2.18. The van der Waals surface area contributed by atoms with Crippen LogP contribution in [-0.2, 0) is 15.3 Å².